The van der Waals surface area contributed by atoms with Gasteiger partial charge in [-0.1, -0.05) is 0 Å². The molecule has 1 atom stereocenters. The molecule has 33 heavy (non-hydrogen) atoms. The van der Waals surface area contributed by atoms with E-state index in [1.165, 1.54) is 35.1 Å². The molecule has 0 aliphatic heterocycles. The zero-order valence-electron chi connectivity index (χ0n) is 18.9. The molecule has 0 amide bonds. The summed E-state index contributed by atoms with van der Waals surface area (Å²) in [6.45, 7) is 2.30. The predicted octanol–water partition coefficient (Wildman–Crippen LogP) is -1.38. The molecule has 3 aromatic carbocycles. The Morgan fingerprint density at radius 2 is 1.21 bits per heavy atom. The molecule has 3 aromatic rings. The molecule has 170 valence electrons. The Morgan fingerprint density at radius 3 is 1.70 bits per heavy atom. The van der Waals surface area contributed by atoms with Crippen molar-refractivity contribution >= 4 is 0 Å². The van der Waals surface area contributed by atoms with E-state index >= 15 is 0 Å². The molecule has 0 bridgehead atoms. The number of rotatable bonds is 8. The van der Waals surface area contributed by atoms with Gasteiger partial charge in [0.25, 0.3) is 0 Å². The van der Waals surface area contributed by atoms with E-state index in [1.54, 1.807) is 0 Å². The van der Waals surface area contributed by atoms with Gasteiger partial charge >= 0.3 is 194 Å². The molecule has 0 saturated heterocycles. The third-order valence-corrected chi connectivity index (χ3v) is 7.93. The second-order valence-electron chi connectivity index (χ2n) is 8.26. The molecule has 4 heteroatoms. The van der Waals surface area contributed by atoms with E-state index in [-0.39, 0.29) is 46.4 Å². The molecule has 0 radical (unpaired) electrons. The maximum Gasteiger partial charge on any atom is -1.00 e. The monoisotopic (exact) mass is 530 g/mol. The second-order valence-corrected chi connectivity index (χ2v) is 9.49. The van der Waals surface area contributed by atoms with Crippen LogP contribution in [0.1, 0.15) is 42.9 Å². The van der Waals surface area contributed by atoms with Gasteiger partial charge in [-0.2, -0.15) is 0 Å². The standard InChI is InChI=1S/C29H29.3ClH.Ti/c1-2-3-22-29(26-17-9-5-10-18-26,27-19-11-6-12-20-27)28-21-13-16-25(28)23-24-14-7-4-8-15-24;;;;/h4-21H,2-3,22-23H2,1H3;3*1H;/q;;;;+3/p-3. The first kappa shape index (κ1) is 29.8. The van der Waals surface area contributed by atoms with Crippen LogP contribution in [0.4, 0.5) is 0 Å². The largest absolute Gasteiger partial charge is 1.00 e. The first-order valence-corrected chi connectivity index (χ1v) is 11.8. The summed E-state index contributed by atoms with van der Waals surface area (Å²) < 4.78 is -0.0826. The zero-order chi connectivity index (χ0) is 20.9. The van der Waals surface area contributed by atoms with Gasteiger partial charge in [0.1, 0.15) is 0 Å². The minimum absolute atomic E-state index is 0. The average molecular weight is 532 g/mol. The first-order chi connectivity index (χ1) is 14.7. The van der Waals surface area contributed by atoms with Crippen LogP contribution in [-0.4, -0.2) is 0 Å². The Balaban J connectivity index is 0.00000181. The molecule has 0 aromatic heterocycles. The fourth-order valence-corrected chi connectivity index (χ4v) is 6.04. The van der Waals surface area contributed by atoms with Gasteiger partial charge in [0.05, 0.1) is 0 Å². The first-order valence-electron chi connectivity index (χ1n) is 11.0. The van der Waals surface area contributed by atoms with Crippen molar-refractivity contribution in [2.24, 2.45) is 0 Å². The van der Waals surface area contributed by atoms with Crippen LogP contribution in [0.5, 0.6) is 0 Å². The van der Waals surface area contributed by atoms with Gasteiger partial charge < -0.3 is 37.2 Å². The molecule has 0 heterocycles. The Hall–Kier alpha value is -1.28. The van der Waals surface area contributed by atoms with E-state index in [1.807, 2.05) is 0 Å². The summed E-state index contributed by atoms with van der Waals surface area (Å²) in [6.07, 6.45) is 11.6. The van der Waals surface area contributed by atoms with Gasteiger partial charge in [0, 0.05) is 0 Å². The summed E-state index contributed by atoms with van der Waals surface area (Å²) in [4.78, 5) is 0. The SMILES string of the molecule is CCCCC(c1ccccc1)(c1ccccc1)[C]1([Ti+3])C=CC=C1Cc1ccccc1.[Cl-].[Cl-].[Cl-]. The number of benzene rings is 3. The smallest absolute Gasteiger partial charge is 1.00 e. The van der Waals surface area contributed by atoms with Crippen LogP contribution < -0.4 is 37.2 Å². The number of allylic oxidation sites excluding steroid dienone is 4. The van der Waals surface area contributed by atoms with Gasteiger partial charge in [-0.3, -0.25) is 0 Å². The van der Waals surface area contributed by atoms with Crippen LogP contribution in [-0.2, 0) is 32.3 Å². The van der Waals surface area contributed by atoms with E-state index < -0.39 is 0 Å². The summed E-state index contributed by atoms with van der Waals surface area (Å²) in [5, 5.41) is 0. The molecule has 0 saturated carbocycles. The molecule has 1 unspecified atom stereocenters. The van der Waals surface area contributed by atoms with Crippen molar-refractivity contribution in [3.63, 3.8) is 0 Å². The molecule has 1 aliphatic carbocycles. The van der Waals surface area contributed by atoms with Gasteiger partial charge in [-0.05, 0) is 0 Å². The summed E-state index contributed by atoms with van der Waals surface area (Å²) >= 11 is 2.46. The maximum atomic E-state index is 2.46. The molecule has 0 nitrogen and oxygen atoms in total. The second kappa shape index (κ2) is 13.6. The minimum Gasteiger partial charge on any atom is -1.00 e. The van der Waals surface area contributed by atoms with Crippen LogP contribution in [0.15, 0.2) is 115 Å². The Morgan fingerprint density at radius 1 is 0.727 bits per heavy atom. The maximum absolute atomic E-state index is 2.46. The van der Waals surface area contributed by atoms with Crippen LogP contribution >= 0.6 is 0 Å². The van der Waals surface area contributed by atoms with Gasteiger partial charge in [0.15, 0.2) is 0 Å². The Kier molecular flexibility index (Phi) is 12.2. The number of hydrogen-bond acceptors (Lipinski definition) is 0. The quantitative estimate of drug-likeness (QED) is 0.315. The molecular weight excluding hydrogens is 503 g/mol. The summed E-state index contributed by atoms with van der Waals surface area (Å²) in [5.74, 6) is 0. The van der Waals surface area contributed by atoms with Crippen LogP contribution in [0.2, 0.25) is 3.72 Å². The van der Waals surface area contributed by atoms with Crippen molar-refractivity contribution in [1.82, 2.24) is 0 Å². The third kappa shape index (κ3) is 5.87. The van der Waals surface area contributed by atoms with Gasteiger partial charge in [0.2, 0.25) is 0 Å². The van der Waals surface area contributed by atoms with Gasteiger partial charge in [-0.25, -0.2) is 0 Å². The van der Waals surface area contributed by atoms with E-state index in [9.17, 15) is 0 Å². The van der Waals surface area contributed by atoms with E-state index in [4.69, 9.17) is 0 Å². The van der Waals surface area contributed by atoms with Crippen molar-refractivity contribution < 1.29 is 57.7 Å². The summed E-state index contributed by atoms with van der Waals surface area (Å²) in [7, 11) is 0. The normalized spacial score (nSPS) is 16.8. The van der Waals surface area contributed by atoms with Crippen LogP contribution in [0.25, 0.3) is 0 Å². The van der Waals surface area contributed by atoms with E-state index in [0.717, 1.165) is 12.8 Å². The predicted molar refractivity (Wildman–Crippen MR) is 123 cm³/mol. The molecule has 0 N–H and O–H groups in total. The number of unbranched alkanes of at least 4 members (excludes halogenated alkanes) is 1. The average Bonchev–Trinajstić information content (AvgIpc) is 3.17. The molecule has 4 rings (SSSR count). The van der Waals surface area contributed by atoms with Crippen molar-refractivity contribution in [2.75, 3.05) is 0 Å². The molecule has 0 fully saturated rings. The van der Waals surface area contributed by atoms with Gasteiger partial charge in [-0.15, -0.1) is 0 Å². The number of hydrogen-bond donors (Lipinski definition) is 0. The topological polar surface area (TPSA) is 0 Å². The van der Waals surface area contributed by atoms with Crippen LogP contribution in [0, 0.1) is 0 Å². The fraction of sp³-hybridized carbons (Fsp3) is 0.241. The number of halogens is 3. The molecule has 0 spiro atoms. The molecule has 1 aliphatic rings. The van der Waals surface area contributed by atoms with E-state index in [2.05, 4.69) is 137 Å². The van der Waals surface area contributed by atoms with Crippen LogP contribution in [0.3, 0.4) is 0 Å². The van der Waals surface area contributed by atoms with Crippen molar-refractivity contribution in [3.8, 4) is 0 Å². The third-order valence-electron chi connectivity index (χ3n) is 6.50. The summed E-state index contributed by atoms with van der Waals surface area (Å²) in [5.41, 5.74) is 5.61. The van der Waals surface area contributed by atoms with Crippen molar-refractivity contribution in [1.29, 1.82) is 0 Å². The Labute approximate surface area is 229 Å². The van der Waals surface area contributed by atoms with Crippen molar-refractivity contribution in [3.05, 3.63) is 131 Å². The van der Waals surface area contributed by atoms with E-state index in [0.29, 0.717) is 0 Å². The molecular formula is C29H29Cl3Ti. The Bertz CT molecular complexity index is 977. The summed E-state index contributed by atoms with van der Waals surface area (Å²) in [6, 6.07) is 33.3. The zero-order valence-corrected chi connectivity index (χ0v) is 22.7. The minimum atomic E-state index is -0.0981. The fourth-order valence-electron chi connectivity index (χ4n) is 4.97. The van der Waals surface area contributed by atoms with Crippen molar-refractivity contribution in [2.45, 2.75) is 41.7 Å².